The number of ether oxygens (including phenoxy) is 2. The first-order valence-corrected chi connectivity index (χ1v) is 12.4. The zero-order valence-electron chi connectivity index (χ0n) is 20.3. The third-order valence-corrected chi connectivity index (χ3v) is 7.82. The van der Waals surface area contributed by atoms with Crippen LogP contribution in [0.15, 0.2) is 36.4 Å². The van der Waals surface area contributed by atoms with Crippen molar-refractivity contribution >= 4 is 6.09 Å². The minimum absolute atomic E-state index is 0.0280. The Morgan fingerprint density at radius 3 is 2.52 bits per heavy atom. The molecule has 1 N–H and O–H groups in total. The molecule has 2 aromatic rings. The van der Waals surface area contributed by atoms with Crippen LogP contribution in [-0.4, -0.2) is 43.3 Å². The lowest BCUT2D eigenvalue weighted by molar-refractivity contribution is -0.0348. The lowest BCUT2D eigenvalue weighted by Gasteiger charge is -2.44. The Balaban J connectivity index is 1.34. The highest BCUT2D eigenvalue weighted by Gasteiger charge is 2.42. The van der Waals surface area contributed by atoms with E-state index >= 15 is 0 Å². The number of alkyl carbamates (subject to hydrolysis) is 1. The van der Waals surface area contributed by atoms with Gasteiger partial charge in [-0.3, -0.25) is 4.90 Å². The number of carbonyl (C=O) groups excluding carboxylic acids is 1. The number of fused-ring (bicyclic) bond motifs is 4. The molecular formula is C28H36N2O3. The minimum Gasteiger partial charge on any atom is -0.494 e. The first-order valence-electron chi connectivity index (χ1n) is 12.4. The number of aryl methyl sites for hydroxylation is 1. The van der Waals surface area contributed by atoms with Gasteiger partial charge >= 0.3 is 6.09 Å². The molecule has 6 rings (SSSR count). The van der Waals surface area contributed by atoms with Crippen molar-refractivity contribution in [1.82, 2.24) is 10.2 Å². The van der Waals surface area contributed by atoms with Crippen molar-refractivity contribution in [2.24, 2.45) is 11.3 Å². The van der Waals surface area contributed by atoms with Gasteiger partial charge in [0, 0.05) is 6.54 Å². The van der Waals surface area contributed by atoms with Crippen molar-refractivity contribution in [3.8, 4) is 16.9 Å². The molecule has 2 bridgehead atoms. The molecule has 0 aromatic heterocycles. The molecule has 1 amide bonds. The fourth-order valence-corrected chi connectivity index (χ4v) is 6.03. The van der Waals surface area contributed by atoms with Crippen LogP contribution >= 0.6 is 0 Å². The van der Waals surface area contributed by atoms with E-state index in [1.54, 1.807) is 0 Å². The Kier molecular flexibility index (Phi) is 5.86. The van der Waals surface area contributed by atoms with Gasteiger partial charge in [-0.25, -0.2) is 4.79 Å². The summed E-state index contributed by atoms with van der Waals surface area (Å²) in [6, 6.07) is 12.8. The van der Waals surface area contributed by atoms with E-state index in [-0.39, 0.29) is 23.7 Å². The van der Waals surface area contributed by atoms with E-state index in [2.05, 4.69) is 55.3 Å². The van der Waals surface area contributed by atoms with Crippen LogP contribution in [0, 0.1) is 18.3 Å². The van der Waals surface area contributed by atoms with Crippen molar-refractivity contribution in [3.63, 3.8) is 0 Å². The largest absolute Gasteiger partial charge is 0.494 e. The van der Waals surface area contributed by atoms with Gasteiger partial charge in [0.1, 0.15) is 11.9 Å². The molecule has 33 heavy (non-hydrogen) atoms. The predicted octanol–water partition coefficient (Wildman–Crippen LogP) is 5.50. The molecule has 2 aromatic carbocycles. The Labute approximate surface area is 197 Å². The molecule has 4 aliphatic rings. The summed E-state index contributed by atoms with van der Waals surface area (Å²) in [5.74, 6) is 1.41. The smallest absolute Gasteiger partial charge is 0.407 e. The molecule has 0 unspecified atom stereocenters. The first kappa shape index (κ1) is 22.3. The summed E-state index contributed by atoms with van der Waals surface area (Å²) in [4.78, 5) is 15.4. The summed E-state index contributed by atoms with van der Waals surface area (Å²) in [6.07, 6.45) is 2.97. The number of piperidine rings is 3. The van der Waals surface area contributed by atoms with E-state index in [0.717, 1.165) is 44.6 Å². The Bertz CT molecular complexity index is 1020. The van der Waals surface area contributed by atoms with E-state index in [9.17, 15) is 4.79 Å². The topological polar surface area (TPSA) is 50.8 Å². The molecule has 3 saturated heterocycles. The average molecular weight is 449 g/mol. The summed E-state index contributed by atoms with van der Waals surface area (Å²) >= 11 is 0. The number of amides is 1. The molecule has 3 aliphatic heterocycles. The van der Waals surface area contributed by atoms with Crippen molar-refractivity contribution in [2.45, 2.75) is 59.1 Å². The van der Waals surface area contributed by atoms with Crippen LogP contribution in [0.3, 0.4) is 0 Å². The summed E-state index contributed by atoms with van der Waals surface area (Å²) in [5.41, 5.74) is 6.10. The zero-order valence-corrected chi connectivity index (χ0v) is 20.3. The number of benzene rings is 2. The second-order valence-electron chi connectivity index (χ2n) is 10.6. The van der Waals surface area contributed by atoms with Gasteiger partial charge in [0.25, 0.3) is 0 Å². The highest BCUT2D eigenvalue weighted by atomic mass is 16.6. The van der Waals surface area contributed by atoms with Crippen LogP contribution in [0.25, 0.3) is 11.1 Å². The maximum Gasteiger partial charge on any atom is 0.407 e. The van der Waals surface area contributed by atoms with Crippen molar-refractivity contribution in [3.05, 3.63) is 53.1 Å². The molecule has 3 heterocycles. The first-order chi connectivity index (χ1) is 15.8. The Morgan fingerprint density at radius 1 is 1.15 bits per heavy atom. The second kappa shape index (κ2) is 8.68. The number of rotatable bonds is 5. The Hall–Kier alpha value is -2.53. The Morgan fingerprint density at radius 2 is 1.88 bits per heavy atom. The van der Waals surface area contributed by atoms with Crippen LogP contribution in [0.2, 0.25) is 0 Å². The maximum absolute atomic E-state index is 12.9. The third-order valence-electron chi connectivity index (χ3n) is 7.82. The number of nitrogens with one attached hydrogen (secondary N) is 1. The van der Waals surface area contributed by atoms with Gasteiger partial charge in [-0.05, 0) is 97.5 Å². The normalized spacial score (nSPS) is 27.2. The predicted molar refractivity (Wildman–Crippen MR) is 131 cm³/mol. The standard InChI is InChI=1S/C28H36N2O3/c1-5-32-22-8-6-19(7-9-22)23-15-21-16-28(3,4)26(24(21)14-18(23)2)29-27(31)33-25-17-30-12-10-20(25)11-13-30/h6-9,14-15,20,25-26H,5,10-13,16-17H2,1-4H3,(H,29,31)/t25-,26-/m0/s1. The molecule has 1 aliphatic carbocycles. The lowest BCUT2D eigenvalue weighted by atomic mass is 9.85. The maximum atomic E-state index is 12.9. The van der Waals surface area contributed by atoms with Crippen molar-refractivity contribution in [2.75, 3.05) is 26.2 Å². The van der Waals surface area contributed by atoms with E-state index in [4.69, 9.17) is 9.47 Å². The van der Waals surface area contributed by atoms with Gasteiger partial charge in [0.2, 0.25) is 0 Å². The highest BCUT2D eigenvalue weighted by molar-refractivity contribution is 5.72. The second-order valence-corrected chi connectivity index (χ2v) is 10.6. The highest BCUT2D eigenvalue weighted by Crippen LogP contribution is 2.47. The van der Waals surface area contributed by atoms with Gasteiger partial charge in [-0.15, -0.1) is 0 Å². The van der Waals surface area contributed by atoms with E-state index < -0.39 is 0 Å². The quantitative estimate of drug-likeness (QED) is 0.656. The number of nitrogens with zero attached hydrogens (tertiary/aromatic N) is 1. The SMILES string of the molecule is CCOc1ccc(-c2cc3c(cc2C)[C@H](NC(=O)O[C@H]2CN4CCC2CC4)C(C)(C)C3)cc1. The fourth-order valence-electron chi connectivity index (χ4n) is 6.03. The molecule has 0 spiro atoms. The summed E-state index contributed by atoms with van der Waals surface area (Å²) in [7, 11) is 0. The van der Waals surface area contributed by atoms with Gasteiger partial charge in [0.05, 0.1) is 12.6 Å². The molecule has 0 saturated carbocycles. The average Bonchev–Trinajstić information content (AvgIpc) is 3.03. The lowest BCUT2D eigenvalue weighted by Crippen LogP contribution is -2.53. The summed E-state index contributed by atoms with van der Waals surface area (Å²) in [5, 5.41) is 3.24. The van der Waals surface area contributed by atoms with E-state index in [1.807, 2.05) is 19.1 Å². The summed E-state index contributed by atoms with van der Waals surface area (Å²) in [6.45, 7) is 12.5. The number of hydrogen-bond acceptors (Lipinski definition) is 4. The fraction of sp³-hybridized carbons (Fsp3) is 0.536. The van der Waals surface area contributed by atoms with Crippen LogP contribution in [0.1, 0.15) is 56.3 Å². The van der Waals surface area contributed by atoms with Crippen molar-refractivity contribution in [1.29, 1.82) is 0 Å². The number of hydrogen-bond donors (Lipinski definition) is 1. The third kappa shape index (κ3) is 4.35. The van der Waals surface area contributed by atoms with Gasteiger partial charge in [-0.1, -0.05) is 38.1 Å². The molecule has 176 valence electrons. The van der Waals surface area contributed by atoms with Crippen LogP contribution in [0.4, 0.5) is 4.79 Å². The van der Waals surface area contributed by atoms with Crippen molar-refractivity contribution < 1.29 is 14.3 Å². The van der Waals surface area contributed by atoms with E-state index in [1.165, 1.54) is 27.8 Å². The van der Waals surface area contributed by atoms with Crippen LogP contribution < -0.4 is 10.1 Å². The molecular weight excluding hydrogens is 412 g/mol. The minimum atomic E-state index is -0.270. The molecule has 2 atom stereocenters. The molecule has 3 fully saturated rings. The molecule has 0 radical (unpaired) electrons. The van der Waals surface area contributed by atoms with Crippen LogP contribution in [-0.2, 0) is 11.2 Å². The zero-order chi connectivity index (χ0) is 23.2. The van der Waals surface area contributed by atoms with Gasteiger partial charge in [-0.2, -0.15) is 0 Å². The summed E-state index contributed by atoms with van der Waals surface area (Å²) < 4.78 is 11.5. The van der Waals surface area contributed by atoms with Gasteiger partial charge in [0.15, 0.2) is 0 Å². The molecule has 5 nitrogen and oxygen atoms in total. The molecule has 5 heteroatoms. The van der Waals surface area contributed by atoms with Crippen LogP contribution in [0.5, 0.6) is 5.75 Å². The monoisotopic (exact) mass is 448 g/mol. The number of carbonyl (C=O) groups is 1. The van der Waals surface area contributed by atoms with E-state index in [0.29, 0.717) is 12.5 Å². The van der Waals surface area contributed by atoms with Gasteiger partial charge < -0.3 is 14.8 Å².